The molecule has 0 saturated carbocycles. The zero-order chi connectivity index (χ0) is 16.1. The summed E-state index contributed by atoms with van der Waals surface area (Å²) in [4.78, 5) is 0. The van der Waals surface area contributed by atoms with Crippen LogP contribution in [-0.2, 0) is 16.6 Å². The second kappa shape index (κ2) is 4.82. The maximum absolute atomic E-state index is 11.1. The molecular weight excluding hydrogens is 260 g/mol. The van der Waals surface area contributed by atoms with Gasteiger partial charge < -0.3 is 9.84 Å². The van der Waals surface area contributed by atoms with Crippen molar-refractivity contribution in [1.82, 2.24) is 0 Å². The Labute approximate surface area is 129 Å². The quantitative estimate of drug-likeness (QED) is 0.883. The molecule has 2 nitrogen and oxygen atoms in total. The molecule has 118 valence electrons. The van der Waals surface area contributed by atoms with E-state index in [9.17, 15) is 5.11 Å². The summed E-state index contributed by atoms with van der Waals surface area (Å²) in [7, 11) is 0. The molecule has 1 atom stereocenters. The third-order valence-electron chi connectivity index (χ3n) is 4.69. The molecule has 0 aromatic heterocycles. The molecule has 1 aromatic rings. The van der Waals surface area contributed by atoms with E-state index in [1.54, 1.807) is 0 Å². The molecule has 1 aliphatic heterocycles. The molecule has 1 saturated heterocycles. The molecule has 1 fully saturated rings. The highest BCUT2D eigenvalue weighted by atomic mass is 16.5. The van der Waals surface area contributed by atoms with Gasteiger partial charge in [0.1, 0.15) is 0 Å². The van der Waals surface area contributed by atoms with Gasteiger partial charge in [-0.1, -0.05) is 45.0 Å². The van der Waals surface area contributed by atoms with E-state index in [1.165, 1.54) is 11.1 Å². The molecule has 0 aliphatic carbocycles. The van der Waals surface area contributed by atoms with Crippen molar-refractivity contribution in [2.75, 3.05) is 0 Å². The van der Waals surface area contributed by atoms with Crippen molar-refractivity contribution in [1.29, 1.82) is 0 Å². The second-order valence-electron chi connectivity index (χ2n) is 8.70. The van der Waals surface area contributed by atoms with E-state index in [4.69, 9.17) is 4.74 Å². The Morgan fingerprint density at radius 3 is 1.95 bits per heavy atom. The molecule has 1 aromatic carbocycles. The lowest BCUT2D eigenvalue weighted by atomic mass is 9.77. The monoisotopic (exact) mass is 290 g/mol. The average molecular weight is 290 g/mol. The van der Waals surface area contributed by atoms with Crippen molar-refractivity contribution in [3.63, 3.8) is 0 Å². The van der Waals surface area contributed by atoms with E-state index in [0.29, 0.717) is 12.8 Å². The molecule has 2 heteroatoms. The first kappa shape index (κ1) is 16.5. The molecule has 0 amide bonds. The SMILES string of the molecule is CC1(C)CC(O)(Cc2ccc(C(C)(C)C)cc2)C(C)(C)O1. The van der Waals surface area contributed by atoms with Crippen LogP contribution in [0.2, 0.25) is 0 Å². The third-order valence-corrected chi connectivity index (χ3v) is 4.69. The Morgan fingerprint density at radius 2 is 1.57 bits per heavy atom. The number of benzene rings is 1. The van der Waals surface area contributed by atoms with Gasteiger partial charge in [-0.05, 0) is 44.2 Å². The summed E-state index contributed by atoms with van der Waals surface area (Å²) in [6.45, 7) is 14.7. The standard InChI is InChI=1S/C19H30O2/c1-16(2,3)15-10-8-14(9-11-15)12-19(20)13-17(4,5)21-18(19,6)7/h8-11,20H,12-13H2,1-7H3. The topological polar surface area (TPSA) is 29.5 Å². The second-order valence-corrected chi connectivity index (χ2v) is 8.70. The summed E-state index contributed by atoms with van der Waals surface area (Å²) < 4.78 is 6.05. The number of ether oxygens (including phenoxy) is 1. The van der Waals surface area contributed by atoms with Crippen LogP contribution in [0.4, 0.5) is 0 Å². The van der Waals surface area contributed by atoms with Gasteiger partial charge in [0.15, 0.2) is 0 Å². The highest BCUT2D eigenvalue weighted by Crippen LogP contribution is 2.46. The van der Waals surface area contributed by atoms with Gasteiger partial charge in [0, 0.05) is 12.8 Å². The Hall–Kier alpha value is -0.860. The van der Waals surface area contributed by atoms with E-state index < -0.39 is 11.2 Å². The molecule has 21 heavy (non-hydrogen) atoms. The lowest BCUT2D eigenvalue weighted by Gasteiger charge is -2.35. The van der Waals surface area contributed by atoms with Crippen LogP contribution in [0, 0.1) is 0 Å². The van der Waals surface area contributed by atoms with Crippen molar-refractivity contribution < 1.29 is 9.84 Å². The minimum Gasteiger partial charge on any atom is -0.386 e. The van der Waals surface area contributed by atoms with Crippen LogP contribution in [-0.4, -0.2) is 21.9 Å². The summed E-state index contributed by atoms with van der Waals surface area (Å²) in [5.74, 6) is 0. The summed E-state index contributed by atoms with van der Waals surface area (Å²) >= 11 is 0. The highest BCUT2D eigenvalue weighted by Gasteiger charge is 2.56. The molecule has 0 spiro atoms. The number of aliphatic hydroxyl groups is 1. The predicted octanol–water partition coefficient (Wildman–Crippen LogP) is 4.24. The van der Waals surface area contributed by atoms with Crippen LogP contribution in [0.25, 0.3) is 0 Å². The molecule has 1 unspecified atom stereocenters. The Morgan fingerprint density at radius 1 is 1.05 bits per heavy atom. The fourth-order valence-electron chi connectivity index (χ4n) is 3.47. The van der Waals surface area contributed by atoms with Crippen LogP contribution in [0.1, 0.15) is 66.0 Å². The molecule has 1 aliphatic rings. The van der Waals surface area contributed by atoms with Gasteiger partial charge in [0.05, 0.1) is 16.8 Å². The summed E-state index contributed by atoms with van der Waals surface area (Å²) in [5.41, 5.74) is 1.02. The normalized spacial score (nSPS) is 27.8. The fourth-order valence-corrected chi connectivity index (χ4v) is 3.47. The molecule has 1 N–H and O–H groups in total. The predicted molar refractivity (Wildman–Crippen MR) is 87.7 cm³/mol. The minimum atomic E-state index is -0.820. The maximum atomic E-state index is 11.1. The molecule has 0 radical (unpaired) electrons. The zero-order valence-corrected chi connectivity index (χ0v) is 14.6. The van der Waals surface area contributed by atoms with Crippen molar-refractivity contribution >= 4 is 0 Å². The van der Waals surface area contributed by atoms with Crippen LogP contribution >= 0.6 is 0 Å². The van der Waals surface area contributed by atoms with Crippen molar-refractivity contribution in [2.45, 2.75) is 83.5 Å². The smallest absolute Gasteiger partial charge is 0.0998 e. The van der Waals surface area contributed by atoms with Gasteiger partial charge in [-0.3, -0.25) is 0 Å². The van der Waals surface area contributed by atoms with Gasteiger partial charge in [-0.25, -0.2) is 0 Å². The first-order valence-electron chi connectivity index (χ1n) is 7.87. The summed E-state index contributed by atoms with van der Waals surface area (Å²) in [6.07, 6.45) is 1.29. The van der Waals surface area contributed by atoms with Crippen LogP contribution in [0.15, 0.2) is 24.3 Å². The molecule has 1 heterocycles. The Bertz CT molecular complexity index is 505. The first-order valence-corrected chi connectivity index (χ1v) is 7.87. The van der Waals surface area contributed by atoms with Crippen LogP contribution < -0.4 is 0 Å². The average Bonchev–Trinajstić information content (AvgIpc) is 2.41. The molecule has 0 bridgehead atoms. The lowest BCUT2D eigenvalue weighted by molar-refractivity contribution is -0.125. The van der Waals surface area contributed by atoms with Crippen molar-refractivity contribution in [3.8, 4) is 0 Å². The van der Waals surface area contributed by atoms with E-state index in [2.05, 4.69) is 58.9 Å². The summed E-state index contributed by atoms with van der Waals surface area (Å²) in [5, 5.41) is 11.1. The Balaban J connectivity index is 2.22. The number of rotatable bonds is 2. The lowest BCUT2D eigenvalue weighted by Crippen LogP contribution is -2.48. The third kappa shape index (κ3) is 3.32. The van der Waals surface area contributed by atoms with Crippen molar-refractivity contribution in [2.24, 2.45) is 0 Å². The van der Waals surface area contributed by atoms with E-state index in [-0.39, 0.29) is 11.0 Å². The van der Waals surface area contributed by atoms with Gasteiger partial charge >= 0.3 is 0 Å². The Kier molecular flexibility index (Phi) is 3.79. The largest absolute Gasteiger partial charge is 0.386 e. The molecule has 2 rings (SSSR count). The van der Waals surface area contributed by atoms with Crippen LogP contribution in [0.3, 0.4) is 0 Å². The number of hydrogen-bond acceptors (Lipinski definition) is 2. The minimum absolute atomic E-state index is 0.160. The van der Waals surface area contributed by atoms with E-state index in [1.807, 2.05) is 13.8 Å². The van der Waals surface area contributed by atoms with Gasteiger partial charge in [0.25, 0.3) is 0 Å². The maximum Gasteiger partial charge on any atom is 0.0998 e. The van der Waals surface area contributed by atoms with Gasteiger partial charge in [0.2, 0.25) is 0 Å². The first-order chi connectivity index (χ1) is 9.35. The van der Waals surface area contributed by atoms with E-state index >= 15 is 0 Å². The number of hydrogen-bond donors (Lipinski definition) is 1. The fraction of sp³-hybridized carbons (Fsp3) is 0.684. The van der Waals surface area contributed by atoms with Crippen LogP contribution in [0.5, 0.6) is 0 Å². The molecular formula is C19H30O2. The highest BCUT2D eigenvalue weighted by molar-refractivity contribution is 5.29. The van der Waals surface area contributed by atoms with E-state index in [0.717, 1.165) is 0 Å². The van der Waals surface area contributed by atoms with Gasteiger partial charge in [-0.15, -0.1) is 0 Å². The van der Waals surface area contributed by atoms with Gasteiger partial charge in [-0.2, -0.15) is 0 Å². The zero-order valence-electron chi connectivity index (χ0n) is 14.6. The van der Waals surface area contributed by atoms with Crippen molar-refractivity contribution in [3.05, 3.63) is 35.4 Å². The summed E-state index contributed by atoms with van der Waals surface area (Å²) in [6, 6.07) is 8.62.